The first-order valence-electron chi connectivity index (χ1n) is 9.47. The van der Waals surface area contributed by atoms with Gasteiger partial charge in [-0.15, -0.1) is 0 Å². The molecule has 29 heavy (non-hydrogen) atoms. The zero-order valence-corrected chi connectivity index (χ0v) is 15.8. The van der Waals surface area contributed by atoms with Crippen molar-refractivity contribution in [3.63, 3.8) is 0 Å². The number of hydrogen-bond acceptors (Lipinski definition) is 4. The van der Waals surface area contributed by atoms with Crippen molar-refractivity contribution in [3.05, 3.63) is 90.0 Å². The van der Waals surface area contributed by atoms with Crippen LogP contribution in [-0.2, 0) is 0 Å². The molecule has 3 aromatic heterocycles. The molecular weight excluding hydrogens is 362 g/mol. The minimum Gasteiger partial charge on any atom is -0.363 e. The van der Waals surface area contributed by atoms with Gasteiger partial charge in [0.15, 0.2) is 0 Å². The molecule has 0 saturated carbocycles. The van der Waals surface area contributed by atoms with Gasteiger partial charge in [-0.3, -0.25) is 4.79 Å². The number of ketones is 1. The Balaban J connectivity index is 1.49. The standard InChI is InChI=1S/C23H19N5O/c1-14(15-7-3-2-4-8-15)26-22-17-12-20(28-23(17)25-13-24-22)21(29)19-11-16-9-5-6-10-18(16)27-19/h2-14,27H,1H3,(H2,24,25,26,28)/t14-/m1/s1. The maximum atomic E-state index is 13.0. The predicted octanol–water partition coefficient (Wildman–Crippen LogP) is 4.84. The summed E-state index contributed by atoms with van der Waals surface area (Å²) in [7, 11) is 0. The number of rotatable bonds is 5. The number of carbonyl (C=O) groups is 1. The molecule has 3 N–H and O–H groups in total. The maximum absolute atomic E-state index is 13.0. The van der Waals surface area contributed by atoms with Crippen molar-refractivity contribution in [1.29, 1.82) is 0 Å². The van der Waals surface area contributed by atoms with Gasteiger partial charge in [-0.1, -0.05) is 48.5 Å². The number of carbonyl (C=O) groups excluding carboxylic acids is 1. The largest absolute Gasteiger partial charge is 0.363 e. The lowest BCUT2D eigenvalue weighted by Crippen LogP contribution is -2.08. The SMILES string of the molecule is C[C@@H](Nc1ncnc2[nH]c(C(=O)c3cc4ccccc4[nH]3)cc12)c1ccccc1. The fraction of sp³-hybridized carbons (Fsp3) is 0.0870. The van der Waals surface area contributed by atoms with Crippen LogP contribution in [0.4, 0.5) is 5.82 Å². The molecule has 0 radical (unpaired) electrons. The van der Waals surface area contributed by atoms with E-state index in [2.05, 4.69) is 44.3 Å². The quantitative estimate of drug-likeness (QED) is 0.380. The lowest BCUT2D eigenvalue weighted by molar-refractivity contribution is 0.103. The Hall–Kier alpha value is -3.93. The van der Waals surface area contributed by atoms with E-state index in [1.165, 1.54) is 6.33 Å². The van der Waals surface area contributed by atoms with Crippen LogP contribution in [0.1, 0.15) is 34.7 Å². The summed E-state index contributed by atoms with van der Waals surface area (Å²) in [5, 5.41) is 5.22. The molecule has 5 aromatic rings. The third-order valence-electron chi connectivity index (χ3n) is 5.10. The number of para-hydroxylation sites is 1. The van der Waals surface area contributed by atoms with Crippen LogP contribution in [0.25, 0.3) is 21.9 Å². The number of benzene rings is 2. The summed E-state index contributed by atoms with van der Waals surface area (Å²) < 4.78 is 0. The fourth-order valence-electron chi connectivity index (χ4n) is 3.55. The highest BCUT2D eigenvalue weighted by Gasteiger charge is 2.17. The molecule has 0 amide bonds. The Morgan fingerprint density at radius 2 is 1.69 bits per heavy atom. The van der Waals surface area contributed by atoms with Crippen LogP contribution < -0.4 is 5.32 Å². The zero-order chi connectivity index (χ0) is 19.8. The molecule has 0 aliphatic heterocycles. The van der Waals surface area contributed by atoms with E-state index in [4.69, 9.17) is 0 Å². The number of H-pyrrole nitrogens is 2. The van der Waals surface area contributed by atoms with E-state index in [0.717, 1.165) is 21.9 Å². The van der Waals surface area contributed by atoms with E-state index in [1.807, 2.05) is 54.6 Å². The van der Waals surface area contributed by atoms with Gasteiger partial charge in [-0.25, -0.2) is 9.97 Å². The van der Waals surface area contributed by atoms with Crippen LogP contribution in [0.2, 0.25) is 0 Å². The Morgan fingerprint density at radius 1 is 0.931 bits per heavy atom. The lowest BCUT2D eigenvalue weighted by Gasteiger charge is -2.15. The molecule has 0 spiro atoms. The summed E-state index contributed by atoms with van der Waals surface area (Å²) in [6, 6.07) is 21.7. The molecule has 0 aliphatic carbocycles. The van der Waals surface area contributed by atoms with Crippen molar-refractivity contribution in [2.75, 3.05) is 5.32 Å². The smallest absolute Gasteiger partial charge is 0.225 e. The van der Waals surface area contributed by atoms with Gasteiger partial charge >= 0.3 is 0 Å². The van der Waals surface area contributed by atoms with E-state index in [9.17, 15) is 4.79 Å². The van der Waals surface area contributed by atoms with Crippen LogP contribution in [-0.4, -0.2) is 25.7 Å². The molecule has 2 aromatic carbocycles. The van der Waals surface area contributed by atoms with Crippen LogP contribution in [0.3, 0.4) is 0 Å². The molecule has 6 nitrogen and oxygen atoms in total. The van der Waals surface area contributed by atoms with Crippen LogP contribution in [0.5, 0.6) is 0 Å². The normalized spacial score (nSPS) is 12.3. The third-order valence-corrected chi connectivity index (χ3v) is 5.10. The first kappa shape index (κ1) is 17.2. The molecule has 0 fully saturated rings. The summed E-state index contributed by atoms with van der Waals surface area (Å²) in [6.45, 7) is 2.08. The number of aromatic nitrogens is 4. The van der Waals surface area contributed by atoms with Crippen molar-refractivity contribution in [2.45, 2.75) is 13.0 Å². The number of anilines is 1. The molecule has 0 saturated heterocycles. The second kappa shape index (κ2) is 6.91. The molecule has 0 aliphatic rings. The van der Waals surface area contributed by atoms with Crippen molar-refractivity contribution < 1.29 is 4.79 Å². The summed E-state index contributed by atoms with van der Waals surface area (Å²) in [5.74, 6) is 0.583. The van der Waals surface area contributed by atoms with Crippen molar-refractivity contribution in [2.24, 2.45) is 0 Å². The molecule has 3 heterocycles. The van der Waals surface area contributed by atoms with E-state index in [-0.39, 0.29) is 11.8 Å². The van der Waals surface area contributed by atoms with Gasteiger partial charge in [0.1, 0.15) is 17.8 Å². The van der Waals surface area contributed by atoms with E-state index < -0.39 is 0 Å². The Labute approximate surface area is 167 Å². The van der Waals surface area contributed by atoms with E-state index in [0.29, 0.717) is 22.9 Å². The van der Waals surface area contributed by atoms with Crippen LogP contribution >= 0.6 is 0 Å². The third kappa shape index (κ3) is 3.14. The number of nitrogens with one attached hydrogen (secondary N) is 3. The number of fused-ring (bicyclic) bond motifs is 2. The van der Waals surface area contributed by atoms with Gasteiger partial charge < -0.3 is 15.3 Å². The zero-order valence-electron chi connectivity index (χ0n) is 15.8. The molecule has 6 heteroatoms. The summed E-state index contributed by atoms with van der Waals surface area (Å²) in [6.07, 6.45) is 1.50. The summed E-state index contributed by atoms with van der Waals surface area (Å²) >= 11 is 0. The molecule has 0 unspecified atom stereocenters. The number of nitrogens with zero attached hydrogens (tertiary/aromatic N) is 2. The van der Waals surface area contributed by atoms with Crippen molar-refractivity contribution >= 4 is 33.5 Å². The maximum Gasteiger partial charge on any atom is 0.225 e. The molecular formula is C23H19N5O. The second-order valence-electron chi connectivity index (χ2n) is 7.04. The van der Waals surface area contributed by atoms with Gasteiger partial charge in [0, 0.05) is 16.9 Å². The van der Waals surface area contributed by atoms with Gasteiger partial charge in [0.05, 0.1) is 16.8 Å². The van der Waals surface area contributed by atoms with Gasteiger partial charge in [0.2, 0.25) is 5.78 Å². The lowest BCUT2D eigenvalue weighted by atomic mass is 10.1. The summed E-state index contributed by atoms with van der Waals surface area (Å²) in [5.41, 5.74) is 3.73. The molecule has 1 atom stereocenters. The van der Waals surface area contributed by atoms with Crippen molar-refractivity contribution in [1.82, 2.24) is 19.9 Å². The van der Waals surface area contributed by atoms with E-state index >= 15 is 0 Å². The highest BCUT2D eigenvalue weighted by molar-refractivity contribution is 6.11. The van der Waals surface area contributed by atoms with Gasteiger partial charge in [0.25, 0.3) is 0 Å². The first-order valence-corrected chi connectivity index (χ1v) is 9.47. The van der Waals surface area contributed by atoms with Crippen LogP contribution in [0.15, 0.2) is 73.1 Å². The monoisotopic (exact) mass is 381 g/mol. The fourth-order valence-corrected chi connectivity index (χ4v) is 3.55. The first-order chi connectivity index (χ1) is 14.2. The predicted molar refractivity (Wildman–Crippen MR) is 114 cm³/mol. The van der Waals surface area contributed by atoms with E-state index in [1.54, 1.807) is 0 Å². The highest BCUT2D eigenvalue weighted by atomic mass is 16.1. The van der Waals surface area contributed by atoms with Gasteiger partial charge in [-0.2, -0.15) is 0 Å². The second-order valence-corrected chi connectivity index (χ2v) is 7.04. The molecule has 0 bridgehead atoms. The van der Waals surface area contributed by atoms with Crippen molar-refractivity contribution in [3.8, 4) is 0 Å². The topological polar surface area (TPSA) is 86.5 Å². The van der Waals surface area contributed by atoms with Crippen LogP contribution in [0, 0.1) is 0 Å². The minimum atomic E-state index is -0.110. The average molecular weight is 381 g/mol. The Bertz CT molecular complexity index is 1290. The minimum absolute atomic E-state index is 0.0667. The number of aromatic amines is 2. The highest BCUT2D eigenvalue weighted by Crippen LogP contribution is 2.26. The van der Waals surface area contributed by atoms with Gasteiger partial charge in [-0.05, 0) is 30.7 Å². The molecule has 5 rings (SSSR count). The Morgan fingerprint density at radius 3 is 2.52 bits per heavy atom. The number of hydrogen-bond donors (Lipinski definition) is 3. The average Bonchev–Trinajstić information content (AvgIpc) is 3.38. The summed E-state index contributed by atoms with van der Waals surface area (Å²) in [4.78, 5) is 28.0. The Kier molecular flexibility index (Phi) is 4.09. The molecule has 142 valence electrons.